The number of aromatic nitrogens is 3. The first kappa shape index (κ1) is 15.7. The molecule has 0 spiro atoms. The van der Waals surface area contributed by atoms with Crippen LogP contribution in [0.5, 0.6) is 0 Å². The predicted octanol–water partition coefficient (Wildman–Crippen LogP) is 3.91. The van der Waals surface area contributed by atoms with Crippen LogP contribution in [0.1, 0.15) is 0 Å². The maximum Gasteiger partial charge on any atom is 0.284 e. The molecule has 0 saturated heterocycles. The summed E-state index contributed by atoms with van der Waals surface area (Å²) in [7, 11) is -3.76. The van der Waals surface area contributed by atoms with Gasteiger partial charge in [-0.05, 0) is 34.7 Å². The third kappa shape index (κ3) is 2.99. The quantitative estimate of drug-likeness (QED) is 0.548. The van der Waals surface area contributed by atoms with Crippen LogP contribution in [0.15, 0.2) is 83.3 Å². The zero-order valence-corrected chi connectivity index (χ0v) is 14.6. The lowest BCUT2D eigenvalue weighted by atomic mass is 10.1. The number of rotatable bonds is 4. The van der Waals surface area contributed by atoms with Crippen LogP contribution < -0.4 is 0 Å². The Morgan fingerprint density at radius 1 is 0.840 bits per heavy atom. The molecule has 5 nitrogen and oxygen atoms in total. The van der Waals surface area contributed by atoms with Crippen LogP contribution in [0.3, 0.4) is 0 Å². The number of hydrogen-bond donors (Lipinski definition) is 0. The molecule has 0 fully saturated rings. The Kier molecular flexibility index (Phi) is 3.95. The van der Waals surface area contributed by atoms with Crippen LogP contribution >= 0.6 is 11.3 Å². The predicted molar refractivity (Wildman–Crippen MR) is 97.8 cm³/mol. The van der Waals surface area contributed by atoms with Gasteiger partial charge in [0.05, 0.1) is 9.77 Å². The smallest absolute Gasteiger partial charge is 0.213 e. The van der Waals surface area contributed by atoms with Crippen LogP contribution in [0.2, 0.25) is 0 Å². The molecule has 0 unspecified atom stereocenters. The molecule has 0 radical (unpaired) electrons. The van der Waals surface area contributed by atoms with Gasteiger partial charge in [0.25, 0.3) is 10.0 Å². The molecule has 0 N–H and O–H groups in total. The third-order valence-electron chi connectivity index (χ3n) is 3.72. The van der Waals surface area contributed by atoms with Gasteiger partial charge in [0.1, 0.15) is 6.33 Å². The third-order valence-corrected chi connectivity index (χ3v) is 6.12. The molecule has 0 bridgehead atoms. The molecule has 0 aliphatic rings. The minimum absolute atomic E-state index is 0.176. The van der Waals surface area contributed by atoms with E-state index in [1.54, 1.807) is 24.3 Å². The normalized spacial score (nSPS) is 11.5. The van der Waals surface area contributed by atoms with Crippen molar-refractivity contribution >= 4 is 21.4 Å². The van der Waals surface area contributed by atoms with Crippen molar-refractivity contribution in [3.63, 3.8) is 0 Å². The molecule has 0 saturated carbocycles. The fraction of sp³-hybridized carbons (Fsp3) is 0. The average molecular weight is 367 g/mol. The zero-order chi connectivity index (χ0) is 17.3. The Labute approximate surface area is 149 Å². The van der Waals surface area contributed by atoms with Crippen LogP contribution in [0.4, 0.5) is 0 Å². The van der Waals surface area contributed by atoms with E-state index in [0.29, 0.717) is 5.82 Å². The Morgan fingerprint density at radius 2 is 1.56 bits per heavy atom. The van der Waals surface area contributed by atoms with E-state index >= 15 is 0 Å². The van der Waals surface area contributed by atoms with Gasteiger partial charge in [0.2, 0.25) is 0 Å². The van der Waals surface area contributed by atoms with E-state index in [9.17, 15) is 8.42 Å². The summed E-state index contributed by atoms with van der Waals surface area (Å²) in [6, 6.07) is 20.3. The SMILES string of the molecule is O=S(=O)(c1ccc(-c2ccccc2)cc1)n1cnc(-c2cccs2)n1. The summed E-state index contributed by atoms with van der Waals surface area (Å²) >= 11 is 1.46. The van der Waals surface area contributed by atoms with Gasteiger partial charge in [-0.25, -0.2) is 4.98 Å². The summed E-state index contributed by atoms with van der Waals surface area (Å²) in [5.41, 5.74) is 1.99. The fourth-order valence-corrected chi connectivity index (χ4v) is 4.15. The van der Waals surface area contributed by atoms with Gasteiger partial charge < -0.3 is 0 Å². The summed E-state index contributed by atoms with van der Waals surface area (Å²) in [5.74, 6) is 0.402. The highest BCUT2D eigenvalue weighted by atomic mass is 32.2. The second kappa shape index (κ2) is 6.27. The molecular formula is C18H13N3O2S2. The highest BCUT2D eigenvalue weighted by Crippen LogP contribution is 2.24. The van der Waals surface area contributed by atoms with Crippen molar-refractivity contribution < 1.29 is 8.42 Å². The van der Waals surface area contributed by atoms with Gasteiger partial charge >= 0.3 is 0 Å². The highest BCUT2D eigenvalue weighted by molar-refractivity contribution is 7.89. The molecule has 0 aliphatic carbocycles. The van der Waals surface area contributed by atoms with E-state index < -0.39 is 10.0 Å². The van der Waals surface area contributed by atoms with Crippen molar-refractivity contribution in [3.05, 3.63) is 78.4 Å². The topological polar surface area (TPSA) is 64.8 Å². The molecule has 4 aromatic rings. The van der Waals surface area contributed by atoms with Gasteiger partial charge in [0, 0.05) is 0 Å². The molecule has 2 heterocycles. The fourth-order valence-electron chi connectivity index (χ4n) is 2.44. The van der Waals surface area contributed by atoms with Crippen molar-refractivity contribution in [2.75, 3.05) is 0 Å². The van der Waals surface area contributed by atoms with Gasteiger partial charge in [-0.2, -0.15) is 8.42 Å². The van der Waals surface area contributed by atoms with Crippen LogP contribution in [-0.2, 0) is 10.0 Å². The van der Waals surface area contributed by atoms with Crippen LogP contribution in [-0.4, -0.2) is 22.6 Å². The Morgan fingerprint density at radius 3 is 2.24 bits per heavy atom. The lowest BCUT2D eigenvalue weighted by Crippen LogP contribution is -2.13. The Bertz CT molecular complexity index is 1080. The molecule has 25 heavy (non-hydrogen) atoms. The van der Waals surface area contributed by atoms with Gasteiger partial charge in [-0.15, -0.1) is 20.5 Å². The Hall–Kier alpha value is -2.77. The summed E-state index contributed by atoms with van der Waals surface area (Å²) in [6.07, 6.45) is 1.23. The van der Waals surface area contributed by atoms with Crippen molar-refractivity contribution in [2.45, 2.75) is 4.90 Å². The zero-order valence-electron chi connectivity index (χ0n) is 13.0. The van der Waals surface area contributed by atoms with E-state index in [0.717, 1.165) is 20.1 Å². The summed E-state index contributed by atoms with van der Waals surface area (Å²) in [4.78, 5) is 5.10. The first-order chi connectivity index (χ1) is 12.1. The number of nitrogens with zero attached hydrogens (tertiary/aromatic N) is 3. The lowest BCUT2D eigenvalue weighted by molar-refractivity contribution is 0.580. The monoisotopic (exact) mass is 367 g/mol. The van der Waals surface area contributed by atoms with E-state index in [-0.39, 0.29) is 4.90 Å². The first-order valence-electron chi connectivity index (χ1n) is 7.51. The standard InChI is InChI=1S/C18H13N3O2S2/c22-25(23,21-13-19-18(20-21)17-7-4-12-24-17)16-10-8-15(9-11-16)14-5-2-1-3-6-14/h1-13H. The molecule has 0 amide bonds. The molecule has 124 valence electrons. The maximum absolute atomic E-state index is 12.7. The number of hydrogen-bond acceptors (Lipinski definition) is 5. The van der Waals surface area contributed by atoms with Crippen molar-refractivity contribution in [1.29, 1.82) is 0 Å². The molecular weight excluding hydrogens is 354 g/mol. The van der Waals surface area contributed by atoms with E-state index in [1.807, 2.05) is 47.8 Å². The van der Waals surface area contributed by atoms with Gasteiger partial charge in [0.15, 0.2) is 5.82 Å². The van der Waals surface area contributed by atoms with Crippen molar-refractivity contribution in [2.24, 2.45) is 0 Å². The van der Waals surface area contributed by atoms with Crippen LogP contribution in [0.25, 0.3) is 21.8 Å². The Balaban J connectivity index is 1.67. The molecule has 4 rings (SSSR count). The van der Waals surface area contributed by atoms with Crippen LogP contribution in [0, 0.1) is 0 Å². The number of thiophene rings is 1. The minimum Gasteiger partial charge on any atom is -0.213 e. The highest BCUT2D eigenvalue weighted by Gasteiger charge is 2.19. The summed E-state index contributed by atoms with van der Waals surface area (Å²) < 4.78 is 26.4. The maximum atomic E-state index is 12.7. The molecule has 2 aromatic carbocycles. The molecule has 0 aliphatic heterocycles. The minimum atomic E-state index is -3.76. The van der Waals surface area contributed by atoms with E-state index in [1.165, 1.54) is 17.7 Å². The first-order valence-corrected chi connectivity index (χ1v) is 9.83. The number of benzene rings is 2. The lowest BCUT2D eigenvalue weighted by Gasteiger charge is -2.05. The summed E-state index contributed by atoms with van der Waals surface area (Å²) in [5, 5.41) is 6.01. The molecule has 7 heteroatoms. The second-order valence-electron chi connectivity index (χ2n) is 5.31. The molecule has 0 atom stereocenters. The van der Waals surface area contributed by atoms with Gasteiger partial charge in [-0.1, -0.05) is 48.5 Å². The second-order valence-corrected chi connectivity index (χ2v) is 8.06. The molecule has 2 aromatic heterocycles. The van der Waals surface area contributed by atoms with E-state index in [4.69, 9.17) is 0 Å². The van der Waals surface area contributed by atoms with E-state index in [2.05, 4.69) is 10.1 Å². The summed E-state index contributed by atoms with van der Waals surface area (Å²) in [6.45, 7) is 0. The van der Waals surface area contributed by atoms with Crippen molar-refractivity contribution in [1.82, 2.24) is 14.2 Å². The average Bonchev–Trinajstić information content (AvgIpc) is 3.34. The van der Waals surface area contributed by atoms with Crippen molar-refractivity contribution in [3.8, 4) is 21.8 Å². The van der Waals surface area contributed by atoms with Gasteiger partial charge in [-0.3, -0.25) is 0 Å². The largest absolute Gasteiger partial charge is 0.284 e.